The van der Waals surface area contributed by atoms with Crippen molar-refractivity contribution in [3.63, 3.8) is 0 Å². The van der Waals surface area contributed by atoms with Gasteiger partial charge in [-0.05, 0) is 23.8 Å². The minimum Gasteiger partial charge on any atom is -0.364 e. The van der Waals surface area contributed by atoms with Gasteiger partial charge in [0.2, 0.25) is 5.95 Å². The van der Waals surface area contributed by atoms with Crippen LogP contribution in [0.1, 0.15) is 14.0 Å². The van der Waals surface area contributed by atoms with E-state index in [1.54, 1.807) is 30.4 Å². The summed E-state index contributed by atoms with van der Waals surface area (Å²) in [5.74, 6) is -5.54. The summed E-state index contributed by atoms with van der Waals surface area (Å²) in [6.45, 7) is -1.24. The maximum absolute atomic E-state index is 14.8. The van der Waals surface area contributed by atoms with Crippen LogP contribution < -0.4 is 22.1 Å². The predicted octanol–water partition coefficient (Wildman–Crippen LogP) is 2.04. The molecule has 1 aliphatic heterocycles. The van der Waals surface area contributed by atoms with Gasteiger partial charge >= 0.3 is 11.4 Å². The van der Waals surface area contributed by atoms with Crippen molar-refractivity contribution in [2.45, 2.75) is 19.1 Å². The molecule has 5 rings (SSSR count). The zero-order chi connectivity index (χ0) is 27.3. The Morgan fingerprint density at radius 3 is 2.72 bits per heavy atom. The SMILES string of the molecule is [2H]c1c(F)c(F)c([2H])c(Cn2c(NC3=CC4=CN(C)NC4C=C3Cl)nc(=O)n(Cc3ccon3)c2=O)c1F. The molecule has 0 saturated carbocycles. The molecule has 0 spiro atoms. The van der Waals surface area contributed by atoms with E-state index in [0.717, 1.165) is 10.1 Å². The molecule has 2 aliphatic rings. The number of hydrazine groups is 1. The van der Waals surface area contributed by atoms with E-state index in [4.69, 9.17) is 18.9 Å². The highest BCUT2D eigenvalue weighted by Crippen LogP contribution is 2.29. The number of aromatic nitrogens is 4. The quantitative estimate of drug-likeness (QED) is 0.474. The molecule has 2 aromatic heterocycles. The van der Waals surface area contributed by atoms with Gasteiger partial charge in [-0.3, -0.25) is 4.57 Å². The predicted molar refractivity (Wildman–Crippen MR) is 122 cm³/mol. The van der Waals surface area contributed by atoms with E-state index < -0.39 is 59.0 Å². The molecule has 0 radical (unpaired) electrons. The van der Waals surface area contributed by atoms with Gasteiger partial charge in [-0.2, -0.15) is 4.98 Å². The topological polar surface area (TPSA) is 110 Å². The highest BCUT2D eigenvalue weighted by molar-refractivity contribution is 6.32. The summed E-state index contributed by atoms with van der Waals surface area (Å²) in [5.41, 5.74) is 1.48. The largest absolute Gasteiger partial charge is 0.364 e. The van der Waals surface area contributed by atoms with Gasteiger partial charge in [0.15, 0.2) is 11.6 Å². The molecular weight excluding hydrogens is 503 g/mol. The zero-order valence-electron chi connectivity index (χ0n) is 20.4. The first-order valence-electron chi connectivity index (χ1n) is 11.4. The molecule has 186 valence electrons. The van der Waals surface area contributed by atoms with E-state index in [2.05, 4.69) is 20.9 Å². The lowest BCUT2D eigenvalue weighted by molar-refractivity contribution is 0.349. The van der Waals surface area contributed by atoms with E-state index in [-0.39, 0.29) is 29.0 Å². The van der Waals surface area contributed by atoms with Crippen LogP contribution in [-0.2, 0) is 13.1 Å². The van der Waals surface area contributed by atoms with Crippen LogP contribution >= 0.6 is 11.6 Å². The lowest BCUT2D eigenvalue weighted by Gasteiger charge is -2.21. The second-order valence-corrected chi connectivity index (χ2v) is 8.29. The van der Waals surface area contributed by atoms with E-state index in [1.807, 2.05) is 0 Å². The fraction of sp³-hybridized carbons (Fsp3) is 0.182. The van der Waals surface area contributed by atoms with E-state index in [1.165, 1.54) is 12.3 Å². The number of rotatable bonds is 6. The maximum Gasteiger partial charge on any atom is 0.355 e. The number of halogens is 4. The molecule has 0 amide bonds. The van der Waals surface area contributed by atoms with Crippen molar-refractivity contribution >= 4 is 17.5 Å². The van der Waals surface area contributed by atoms with E-state index in [0.29, 0.717) is 4.57 Å². The minimum atomic E-state index is -1.83. The highest BCUT2D eigenvalue weighted by Gasteiger charge is 2.26. The number of nitrogens with zero attached hydrogens (tertiary/aromatic N) is 5. The Labute approximate surface area is 208 Å². The average molecular weight is 522 g/mol. The Kier molecular flexibility index (Phi) is 5.40. The summed E-state index contributed by atoms with van der Waals surface area (Å²) in [6, 6.07) is -1.41. The van der Waals surface area contributed by atoms with Crippen molar-refractivity contribution in [3.05, 3.63) is 109 Å². The molecular formula is C22H17ClF3N7O3. The first-order valence-corrected chi connectivity index (χ1v) is 10.7. The lowest BCUT2D eigenvalue weighted by Crippen LogP contribution is -2.43. The van der Waals surface area contributed by atoms with E-state index in [9.17, 15) is 22.8 Å². The monoisotopic (exact) mass is 521 g/mol. The Morgan fingerprint density at radius 2 is 1.97 bits per heavy atom. The number of nitrogens with one attached hydrogen (secondary N) is 2. The third-order valence-corrected chi connectivity index (χ3v) is 5.72. The summed E-state index contributed by atoms with van der Waals surface area (Å²) < 4.78 is 64.4. The van der Waals surface area contributed by atoms with Crippen LogP contribution in [0.2, 0.25) is 0 Å². The van der Waals surface area contributed by atoms with Gasteiger partial charge in [0.25, 0.3) is 0 Å². The number of hydrogen-bond donors (Lipinski definition) is 2. The van der Waals surface area contributed by atoms with Crippen molar-refractivity contribution in [1.82, 2.24) is 29.7 Å². The molecule has 1 aliphatic carbocycles. The van der Waals surface area contributed by atoms with Crippen LogP contribution in [0.3, 0.4) is 0 Å². The zero-order valence-corrected chi connectivity index (χ0v) is 19.1. The fourth-order valence-corrected chi connectivity index (χ4v) is 3.93. The van der Waals surface area contributed by atoms with Crippen LogP contribution in [0.4, 0.5) is 19.1 Å². The normalized spacial score (nSPS) is 17.8. The number of benzene rings is 1. The number of hydrogen-bond acceptors (Lipinski definition) is 8. The van der Waals surface area contributed by atoms with Crippen LogP contribution in [0.5, 0.6) is 0 Å². The summed E-state index contributed by atoms with van der Waals surface area (Å²) in [6.07, 6.45) is 6.30. The Hall–Kier alpha value is -4.10. The summed E-state index contributed by atoms with van der Waals surface area (Å²) in [5, 5.41) is 8.34. The van der Waals surface area contributed by atoms with Crippen molar-refractivity contribution in [2.24, 2.45) is 0 Å². The third-order valence-electron chi connectivity index (χ3n) is 5.39. The average Bonchev–Trinajstić information content (AvgIpc) is 3.52. The second-order valence-electron chi connectivity index (χ2n) is 7.88. The first kappa shape index (κ1) is 21.2. The molecule has 0 fully saturated rings. The third kappa shape index (κ3) is 4.45. The first-order chi connectivity index (χ1) is 18.0. The van der Waals surface area contributed by atoms with Gasteiger partial charge in [0.1, 0.15) is 17.8 Å². The lowest BCUT2D eigenvalue weighted by atomic mass is 10.0. The molecule has 36 heavy (non-hydrogen) atoms. The summed E-state index contributed by atoms with van der Waals surface area (Å²) >= 11 is 6.40. The Bertz CT molecular complexity index is 1640. The number of fused-ring (bicyclic) bond motifs is 1. The summed E-state index contributed by atoms with van der Waals surface area (Å²) in [7, 11) is 1.77. The van der Waals surface area contributed by atoms with Crippen molar-refractivity contribution in [3.8, 4) is 0 Å². The smallest absolute Gasteiger partial charge is 0.355 e. The molecule has 3 heterocycles. The van der Waals surface area contributed by atoms with Crippen LogP contribution in [0.15, 0.2) is 73.2 Å². The number of anilines is 1. The van der Waals surface area contributed by atoms with Gasteiger partial charge in [0.05, 0.1) is 32.6 Å². The molecule has 14 heteroatoms. The van der Waals surface area contributed by atoms with Gasteiger partial charge in [0, 0.05) is 30.9 Å². The van der Waals surface area contributed by atoms with Crippen LogP contribution in [-0.4, -0.2) is 37.4 Å². The molecule has 0 bridgehead atoms. The van der Waals surface area contributed by atoms with Crippen molar-refractivity contribution in [1.29, 1.82) is 0 Å². The minimum absolute atomic E-state index is 0.198. The van der Waals surface area contributed by atoms with Crippen molar-refractivity contribution in [2.75, 3.05) is 12.4 Å². The van der Waals surface area contributed by atoms with Gasteiger partial charge < -0.3 is 14.8 Å². The van der Waals surface area contributed by atoms with Gasteiger partial charge in [-0.1, -0.05) is 16.8 Å². The van der Waals surface area contributed by atoms with E-state index >= 15 is 0 Å². The molecule has 1 unspecified atom stereocenters. The molecule has 3 aromatic rings. The van der Waals surface area contributed by atoms with Gasteiger partial charge in [-0.15, -0.1) is 0 Å². The second kappa shape index (κ2) is 9.17. The summed E-state index contributed by atoms with van der Waals surface area (Å²) in [4.78, 5) is 30.2. The standard InChI is InChI=1S/C22H17ClF3N7O3/c1-31-8-12-5-19(14(23)6-18(12)29-31)27-20-28-21(34)33(10-13-2-3-36-30-13)22(35)32(20)9-11-4-16(25)17(26)7-15(11)24/h2-8,18,29H,9-10H2,1H3,(H,27,28,34)/i4D,7D. The fourth-order valence-electron chi connectivity index (χ4n) is 3.70. The molecule has 1 aromatic carbocycles. The van der Waals surface area contributed by atoms with Crippen LogP contribution in [0, 0.1) is 17.5 Å². The molecule has 10 nitrogen and oxygen atoms in total. The maximum atomic E-state index is 14.8. The molecule has 2 N–H and O–H groups in total. The van der Waals surface area contributed by atoms with Crippen molar-refractivity contribution < 1.29 is 20.4 Å². The Balaban J connectivity index is 1.65. The Morgan fingerprint density at radius 1 is 1.19 bits per heavy atom. The molecule has 0 saturated heterocycles. The van der Waals surface area contributed by atoms with Gasteiger partial charge in [-0.25, -0.2) is 32.8 Å². The highest BCUT2D eigenvalue weighted by atomic mass is 35.5. The number of allylic oxidation sites excluding steroid dienone is 1. The van der Waals surface area contributed by atoms with Crippen LogP contribution in [0.25, 0.3) is 0 Å². The molecule has 1 atom stereocenters.